The maximum Gasteiger partial charge on any atom is 0.331 e. The van der Waals surface area contributed by atoms with Gasteiger partial charge in [-0.25, -0.2) is 18.6 Å². The Balaban J connectivity index is 1.59. The summed E-state index contributed by atoms with van der Waals surface area (Å²) in [5.41, 5.74) is 6.25. The van der Waals surface area contributed by atoms with E-state index in [1.54, 1.807) is 29.6 Å². The van der Waals surface area contributed by atoms with Gasteiger partial charge in [0.2, 0.25) is 0 Å². The summed E-state index contributed by atoms with van der Waals surface area (Å²) >= 11 is 1.17. The molecule has 2 heterocycles. The van der Waals surface area contributed by atoms with Crippen LogP contribution in [0.5, 0.6) is 0 Å². The Kier molecular flexibility index (Phi) is 8.04. The number of hydrogen-bond donors (Lipinski definition) is 2. The van der Waals surface area contributed by atoms with Crippen molar-refractivity contribution in [2.75, 3.05) is 5.32 Å². The number of nitrogens with two attached hydrogens (primary N) is 1. The Morgan fingerprint density at radius 3 is 2.31 bits per heavy atom. The van der Waals surface area contributed by atoms with Gasteiger partial charge in [-0.2, -0.15) is 0 Å². The quantitative estimate of drug-likeness (QED) is 0.180. The largest absolute Gasteiger partial charge is 0.332 e. The zero-order valence-electron chi connectivity index (χ0n) is 22.2. The Bertz CT molecular complexity index is 1870. The molecule has 2 aromatic heterocycles. The minimum absolute atomic E-state index is 0.0691. The van der Waals surface area contributed by atoms with Gasteiger partial charge in [-0.1, -0.05) is 36.4 Å². The van der Waals surface area contributed by atoms with Crippen LogP contribution in [0.2, 0.25) is 0 Å². The highest BCUT2D eigenvalue weighted by molar-refractivity contribution is 7.14. The number of benzene rings is 3. The van der Waals surface area contributed by atoms with Crippen LogP contribution in [0, 0.1) is 28.7 Å². The second-order valence-corrected chi connectivity index (χ2v) is 10.3. The summed E-state index contributed by atoms with van der Waals surface area (Å²) in [5, 5.41) is 16.0. The topological polar surface area (TPSA) is 138 Å². The van der Waals surface area contributed by atoms with E-state index in [2.05, 4.69) is 10.3 Å². The normalized spacial score (nSPS) is 11.8. The molecule has 0 amide bonds. The molecular weight excluding hydrogens is 566 g/mol. The second-order valence-electron chi connectivity index (χ2n) is 9.43. The third-order valence-electron chi connectivity index (χ3n) is 6.76. The molecule has 0 unspecified atom stereocenters. The number of halogens is 2. The first kappa shape index (κ1) is 28.5. The van der Waals surface area contributed by atoms with Gasteiger partial charge in [-0.3, -0.25) is 24.0 Å². The third kappa shape index (κ3) is 5.73. The highest BCUT2D eigenvalue weighted by Crippen LogP contribution is 2.28. The summed E-state index contributed by atoms with van der Waals surface area (Å²) in [6.45, 7) is 0.864. The number of aromatic nitrogens is 3. The molecule has 0 saturated heterocycles. The van der Waals surface area contributed by atoms with Crippen LogP contribution in [0.3, 0.4) is 0 Å². The number of anilines is 2. The minimum atomic E-state index is -0.829. The first-order valence-corrected chi connectivity index (χ1v) is 13.6. The van der Waals surface area contributed by atoms with Gasteiger partial charge in [0.15, 0.2) is 5.13 Å². The van der Waals surface area contributed by atoms with Crippen molar-refractivity contribution in [3.05, 3.63) is 138 Å². The lowest BCUT2D eigenvalue weighted by molar-refractivity contribution is -0.384. The van der Waals surface area contributed by atoms with E-state index in [1.165, 1.54) is 48.6 Å². The Morgan fingerprint density at radius 1 is 1.00 bits per heavy atom. The average molecular weight is 591 g/mol. The number of hydrogen-bond acceptors (Lipinski definition) is 8. The molecular formula is C29H24F2N6O4S. The van der Waals surface area contributed by atoms with E-state index in [1.807, 2.05) is 6.07 Å². The van der Waals surface area contributed by atoms with E-state index >= 15 is 0 Å². The van der Waals surface area contributed by atoms with Gasteiger partial charge < -0.3 is 11.1 Å². The van der Waals surface area contributed by atoms with Crippen molar-refractivity contribution in [1.29, 1.82) is 0 Å². The molecule has 5 rings (SSSR count). The second kappa shape index (κ2) is 11.8. The molecule has 0 spiro atoms. The van der Waals surface area contributed by atoms with Crippen molar-refractivity contribution >= 4 is 27.8 Å². The van der Waals surface area contributed by atoms with E-state index in [0.717, 1.165) is 21.3 Å². The highest BCUT2D eigenvalue weighted by Gasteiger charge is 2.23. The molecule has 0 aliphatic carbocycles. The lowest BCUT2D eigenvalue weighted by atomic mass is 10.1. The number of nitro groups is 1. The van der Waals surface area contributed by atoms with Crippen LogP contribution in [0.15, 0.2) is 87.8 Å². The van der Waals surface area contributed by atoms with Crippen LogP contribution in [-0.4, -0.2) is 19.0 Å². The standard InChI is InChI=1S/C29H24F2N6O4S/c1-17-26(25-16-42-28(34-25)33-19-10-12-20(13-11-19)37(40)41)27(38)36(15-24(32)18-6-3-2-4-7-18)29(39)35(17)14-21-22(30)8-5-9-23(21)31/h2-13,16,24H,14-15,32H2,1H3,(H,33,34)/t24-/m0/s1. The molecule has 0 radical (unpaired) electrons. The molecule has 0 aliphatic heterocycles. The molecule has 3 N–H and O–H groups in total. The van der Waals surface area contributed by atoms with Crippen molar-refractivity contribution in [1.82, 2.24) is 14.1 Å². The SMILES string of the molecule is Cc1c(-c2csc(Nc3ccc([N+](=O)[O-])cc3)n2)c(=O)n(C[C@H](N)c2ccccc2)c(=O)n1Cc1c(F)cccc1F. The maximum atomic E-state index is 14.6. The van der Waals surface area contributed by atoms with Crippen LogP contribution >= 0.6 is 11.3 Å². The van der Waals surface area contributed by atoms with E-state index in [0.29, 0.717) is 16.4 Å². The van der Waals surface area contributed by atoms with Crippen molar-refractivity contribution in [2.45, 2.75) is 26.1 Å². The molecule has 0 aliphatic rings. The molecule has 5 aromatic rings. The molecule has 1 atom stereocenters. The van der Waals surface area contributed by atoms with Crippen LogP contribution in [0.4, 0.5) is 25.3 Å². The number of nitro benzene ring substituents is 1. The number of non-ortho nitro benzene ring substituents is 1. The van der Waals surface area contributed by atoms with E-state index in [9.17, 15) is 28.5 Å². The van der Waals surface area contributed by atoms with Gasteiger partial charge in [0.25, 0.3) is 11.2 Å². The summed E-state index contributed by atoms with van der Waals surface area (Å²) in [6, 6.07) is 17.3. The van der Waals surface area contributed by atoms with Gasteiger partial charge in [-0.15, -0.1) is 11.3 Å². The minimum Gasteiger partial charge on any atom is -0.332 e. The summed E-state index contributed by atoms with van der Waals surface area (Å²) in [4.78, 5) is 42.4. The summed E-state index contributed by atoms with van der Waals surface area (Å²) in [7, 11) is 0. The molecule has 42 heavy (non-hydrogen) atoms. The first-order valence-electron chi connectivity index (χ1n) is 12.7. The van der Waals surface area contributed by atoms with E-state index < -0.39 is 40.4 Å². The smallest absolute Gasteiger partial charge is 0.331 e. The van der Waals surface area contributed by atoms with Gasteiger partial charge in [-0.05, 0) is 36.8 Å². The molecule has 214 valence electrons. The lowest BCUT2D eigenvalue weighted by Gasteiger charge is -2.19. The molecule has 13 heteroatoms. The number of nitrogens with one attached hydrogen (secondary N) is 1. The molecule has 3 aromatic carbocycles. The Labute approximate surface area is 241 Å². The summed E-state index contributed by atoms with van der Waals surface area (Å²) < 4.78 is 31.3. The predicted octanol–water partition coefficient (Wildman–Crippen LogP) is 5.12. The number of rotatable bonds is 9. The summed E-state index contributed by atoms with van der Waals surface area (Å²) in [5.74, 6) is -1.66. The fourth-order valence-electron chi connectivity index (χ4n) is 4.52. The van der Waals surface area contributed by atoms with Crippen LogP contribution < -0.4 is 22.3 Å². The van der Waals surface area contributed by atoms with Gasteiger partial charge in [0, 0.05) is 40.5 Å². The fraction of sp³-hybridized carbons (Fsp3) is 0.138. The third-order valence-corrected chi connectivity index (χ3v) is 7.52. The highest BCUT2D eigenvalue weighted by atomic mass is 32.1. The van der Waals surface area contributed by atoms with Gasteiger partial charge >= 0.3 is 5.69 Å². The molecule has 10 nitrogen and oxygen atoms in total. The van der Waals surface area contributed by atoms with Crippen molar-refractivity contribution < 1.29 is 13.7 Å². The molecule has 0 bridgehead atoms. The Hall–Kier alpha value is -5.01. The van der Waals surface area contributed by atoms with Gasteiger partial charge in [0.1, 0.15) is 11.6 Å². The average Bonchev–Trinajstić information content (AvgIpc) is 3.43. The zero-order valence-corrected chi connectivity index (χ0v) is 23.0. The van der Waals surface area contributed by atoms with Crippen molar-refractivity contribution in [3.63, 3.8) is 0 Å². The van der Waals surface area contributed by atoms with E-state index in [4.69, 9.17) is 5.73 Å². The Morgan fingerprint density at radius 2 is 1.67 bits per heavy atom. The first-order chi connectivity index (χ1) is 20.1. The van der Waals surface area contributed by atoms with Crippen molar-refractivity contribution in [3.8, 4) is 11.3 Å². The molecule has 0 saturated carbocycles. The maximum absolute atomic E-state index is 14.6. The van der Waals surface area contributed by atoms with Crippen LogP contribution in [0.1, 0.15) is 22.9 Å². The van der Waals surface area contributed by atoms with Gasteiger partial charge in [0.05, 0.1) is 29.3 Å². The molecule has 0 fully saturated rings. The van der Waals surface area contributed by atoms with E-state index in [-0.39, 0.29) is 34.7 Å². The van der Waals surface area contributed by atoms with Crippen LogP contribution in [0.25, 0.3) is 11.3 Å². The lowest BCUT2D eigenvalue weighted by Crippen LogP contribution is -2.44. The zero-order chi connectivity index (χ0) is 30.0. The summed E-state index contributed by atoms with van der Waals surface area (Å²) in [6.07, 6.45) is 0. The van der Waals surface area contributed by atoms with Crippen LogP contribution in [-0.2, 0) is 13.1 Å². The fourth-order valence-corrected chi connectivity index (χ4v) is 5.24. The van der Waals surface area contributed by atoms with Crippen molar-refractivity contribution in [2.24, 2.45) is 5.73 Å². The predicted molar refractivity (Wildman–Crippen MR) is 156 cm³/mol. The number of thiazole rings is 1. The number of nitrogens with zero attached hydrogens (tertiary/aromatic N) is 4. The monoisotopic (exact) mass is 590 g/mol.